The van der Waals surface area contributed by atoms with Crippen LogP contribution in [0.1, 0.15) is 42.9 Å². The number of amides is 1. The van der Waals surface area contributed by atoms with E-state index >= 15 is 0 Å². The summed E-state index contributed by atoms with van der Waals surface area (Å²) in [4.78, 5) is 16.6. The van der Waals surface area contributed by atoms with Gasteiger partial charge < -0.3 is 9.80 Å². The molecule has 0 unspecified atom stereocenters. The molecule has 2 heterocycles. The molecule has 0 atom stereocenters. The first kappa shape index (κ1) is 15.0. The van der Waals surface area contributed by atoms with Gasteiger partial charge in [-0.3, -0.25) is 9.89 Å². The molecular formula is C15H26N4O. The first-order valence-corrected chi connectivity index (χ1v) is 7.49. The highest BCUT2D eigenvalue weighted by molar-refractivity contribution is 5.92. The normalized spacial score (nSPS) is 17.2. The molecule has 1 aliphatic rings. The molecule has 0 bridgehead atoms. The summed E-state index contributed by atoms with van der Waals surface area (Å²) in [6, 6.07) is 2.41. The van der Waals surface area contributed by atoms with Gasteiger partial charge in [0, 0.05) is 31.4 Å². The van der Waals surface area contributed by atoms with E-state index in [2.05, 4.69) is 36.0 Å². The summed E-state index contributed by atoms with van der Waals surface area (Å²) in [5.41, 5.74) is 1.47. The molecule has 5 heteroatoms. The molecule has 1 N–H and O–H groups in total. The summed E-state index contributed by atoms with van der Waals surface area (Å²) in [5, 5.41) is 6.89. The lowest BCUT2D eigenvalue weighted by molar-refractivity contribution is 0.0660. The summed E-state index contributed by atoms with van der Waals surface area (Å²) >= 11 is 0. The van der Waals surface area contributed by atoms with E-state index in [1.54, 1.807) is 0 Å². The standard InChI is InChI=1S/C15H26N4O/c1-11(2)18(4)10-13-5-7-19(8-6-13)15(20)14-9-12(3)16-17-14/h9,11,13H,5-8,10H2,1-4H3,(H,16,17). The molecule has 1 aromatic heterocycles. The van der Waals surface area contributed by atoms with Crippen molar-refractivity contribution in [3.05, 3.63) is 17.5 Å². The Hall–Kier alpha value is -1.36. The topological polar surface area (TPSA) is 52.2 Å². The summed E-state index contributed by atoms with van der Waals surface area (Å²) in [5.74, 6) is 0.761. The molecule has 0 radical (unpaired) electrons. The Kier molecular flexibility index (Phi) is 4.81. The van der Waals surface area contributed by atoms with E-state index in [4.69, 9.17) is 0 Å². The van der Waals surface area contributed by atoms with Crippen molar-refractivity contribution in [3.8, 4) is 0 Å². The maximum Gasteiger partial charge on any atom is 0.274 e. The van der Waals surface area contributed by atoms with E-state index in [0.717, 1.165) is 38.2 Å². The Morgan fingerprint density at radius 1 is 1.50 bits per heavy atom. The minimum absolute atomic E-state index is 0.0602. The van der Waals surface area contributed by atoms with Crippen LogP contribution in [-0.4, -0.2) is 58.6 Å². The highest BCUT2D eigenvalue weighted by atomic mass is 16.2. The molecule has 20 heavy (non-hydrogen) atoms. The van der Waals surface area contributed by atoms with Gasteiger partial charge in [0.15, 0.2) is 0 Å². The second kappa shape index (κ2) is 6.39. The maximum atomic E-state index is 12.3. The second-order valence-corrected chi connectivity index (χ2v) is 6.21. The predicted molar refractivity (Wildman–Crippen MR) is 79.7 cm³/mol. The van der Waals surface area contributed by atoms with Crippen LogP contribution >= 0.6 is 0 Å². The van der Waals surface area contributed by atoms with Gasteiger partial charge in [-0.25, -0.2) is 0 Å². The molecule has 112 valence electrons. The van der Waals surface area contributed by atoms with Crippen LogP contribution in [0.3, 0.4) is 0 Å². The fourth-order valence-corrected chi connectivity index (χ4v) is 2.63. The summed E-state index contributed by atoms with van der Waals surface area (Å²) in [7, 11) is 2.18. The Labute approximate surface area is 121 Å². The molecular weight excluding hydrogens is 252 g/mol. The fraction of sp³-hybridized carbons (Fsp3) is 0.733. The van der Waals surface area contributed by atoms with E-state index in [1.165, 1.54) is 0 Å². The van der Waals surface area contributed by atoms with Crippen LogP contribution in [0.15, 0.2) is 6.07 Å². The molecule has 1 fully saturated rings. The number of hydrogen-bond donors (Lipinski definition) is 1. The lowest BCUT2D eigenvalue weighted by Crippen LogP contribution is -2.42. The van der Waals surface area contributed by atoms with Gasteiger partial charge in [-0.15, -0.1) is 0 Å². The third kappa shape index (κ3) is 3.60. The van der Waals surface area contributed by atoms with Crippen LogP contribution in [0, 0.1) is 12.8 Å². The zero-order chi connectivity index (χ0) is 14.7. The number of nitrogens with one attached hydrogen (secondary N) is 1. The van der Waals surface area contributed by atoms with Gasteiger partial charge in [0.1, 0.15) is 5.69 Å². The highest BCUT2D eigenvalue weighted by Crippen LogP contribution is 2.20. The number of H-pyrrole nitrogens is 1. The average Bonchev–Trinajstić information content (AvgIpc) is 2.85. The number of hydrogen-bond acceptors (Lipinski definition) is 3. The van der Waals surface area contributed by atoms with Crippen molar-refractivity contribution in [3.63, 3.8) is 0 Å². The van der Waals surface area contributed by atoms with Gasteiger partial charge in [0.05, 0.1) is 0 Å². The fourth-order valence-electron chi connectivity index (χ4n) is 2.63. The van der Waals surface area contributed by atoms with Crippen molar-refractivity contribution in [1.82, 2.24) is 20.0 Å². The van der Waals surface area contributed by atoms with Gasteiger partial charge in [0.2, 0.25) is 0 Å². The van der Waals surface area contributed by atoms with Crippen molar-refractivity contribution in [1.29, 1.82) is 0 Å². The number of nitrogens with zero attached hydrogens (tertiary/aromatic N) is 3. The van der Waals surface area contributed by atoms with E-state index < -0.39 is 0 Å². The van der Waals surface area contributed by atoms with Gasteiger partial charge in [-0.05, 0) is 52.6 Å². The SMILES string of the molecule is Cc1cc(C(=O)N2CCC(CN(C)C(C)C)CC2)n[nH]1. The van der Waals surface area contributed by atoms with Crippen LogP contribution in [-0.2, 0) is 0 Å². The molecule has 5 nitrogen and oxygen atoms in total. The Bertz CT molecular complexity index is 446. The lowest BCUT2D eigenvalue weighted by atomic mass is 9.95. The highest BCUT2D eigenvalue weighted by Gasteiger charge is 2.25. The smallest absolute Gasteiger partial charge is 0.274 e. The molecule has 2 rings (SSSR count). The Balaban J connectivity index is 1.83. The van der Waals surface area contributed by atoms with Crippen LogP contribution < -0.4 is 0 Å². The molecule has 1 aromatic rings. The van der Waals surface area contributed by atoms with Gasteiger partial charge in [-0.2, -0.15) is 5.10 Å². The van der Waals surface area contributed by atoms with Crippen molar-refractivity contribution >= 4 is 5.91 Å². The molecule has 1 amide bonds. The van der Waals surface area contributed by atoms with E-state index in [0.29, 0.717) is 17.7 Å². The summed E-state index contributed by atoms with van der Waals surface area (Å²) < 4.78 is 0. The number of carbonyl (C=O) groups is 1. The molecule has 0 aromatic carbocycles. The Morgan fingerprint density at radius 3 is 2.65 bits per heavy atom. The number of aryl methyl sites for hydroxylation is 1. The van der Waals surface area contributed by atoms with E-state index in [9.17, 15) is 4.79 Å². The summed E-state index contributed by atoms with van der Waals surface area (Å²) in [6.45, 7) is 9.18. The minimum Gasteiger partial charge on any atom is -0.337 e. The van der Waals surface area contributed by atoms with Gasteiger partial charge in [-0.1, -0.05) is 0 Å². The van der Waals surface area contributed by atoms with Gasteiger partial charge in [0.25, 0.3) is 5.91 Å². The number of aromatic amines is 1. The molecule has 1 saturated heterocycles. The van der Waals surface area contributed by atoms with E-state index in [-0.39, 0.29) is 5.91 Å². The third-order valence-electron chi connectivity index (χ3n) is 4.25. The zero-order valence-electron chi connectivity index (χ0n) is 13.0. The summed E-state index contributed by atoms with van der Waals surface area (Å²) in [6.07, 6.45) is 2.18. The number of likely N-dealkylation sites (tertiary alicyclic amines) is 1. The van der Waals surface area contributed by atoms with Crippen molar-refractivity contribution in [2.45, 2.75) is 39.7 Å². The predicted octanol–water partition coefficient (Wildman–Crippen LogP) is 1.91. The number of aromatic nitrogens is 2. The molecule has 0 saturated carbocycles. The third-order valence-corrected chi connectivity index (χ3v) is 4.25. The number of piperidine rings is 1. The second-order valence-electron chi connectivity index (χ2n) is 6.21. The number of rotatable bonds is 4. The van der Waals surface area contributed by atoms with Crippen LogP contribution in [0.5, 0.6) is 0 Å². The monoisotopic (exact) mass is 278 g/mol. The molecule has 0 aliphatic carbocycles. The van der Waals surface area contributed by atoms with Crippen LogP contribution in [0.4, 0.5) is 0 Å². The van der Waals surface area contributed by atoms with Crippen LogP contribution in [0.25, 0.3) is 0 Å². The Morgan fingerprint density at radius 2 is 2.15 bits per heavy atom. The first-order chi connectivity index (χ1) is 9.47. The molecule has 0 spiro atoms. The van der Waals surface area contributed by atoms with Crippen molar-refractivity contribution < 1.29 is 4.79 Å². The zero-order valence-corrected chi connectivity index (χ0v) is 13.0. The largest absolute Gasteiger partial charge is 0.337 e. The number of carbonyl (C=O) groups excluding carboxylic acids is 1. The minimum atomic E-state index is 0.0602. The maximum absolute atomic E-state index is 12.3. The van der Waals surface area contributed by atoms with E-state index in [1.807, 2.05) is 17.9 Å². The first-order valence-electron chi connectivity index (χ1n) is 7.49. The molecule has 1 aliphatic heterocycles. The lowest BCUT2D eigenvalue weighted by Gasteiger charge is -2.34. The van der Waals surface area contributed by atoms with Crippen LogP contribution in [0.2, 0.25) is 0 Å². The van der Waals surface area contributed by atoms with Gasteiger partial charge >= 0.3 is 0 Å². The van der Waals surface area contributed by atoms with Crippen molar-refractivity contribution in [2.24, 2.45) is 5.92 Å². The average molecular weight is 278 g/mol. The quantitative estimate of drug-likeness (QED) is 0.915. The van der Waals surface area contributed by atoms with Crippen molar-refractivity contribution in [2.75, 3.05) is 26.7 Å².